The van der Waals surface area contributed by atoms with Gasteiger partial charge in [0, 0.05) is 43.9 Å². The van der Waals surface area contributed by atoms with E-state index in [9.17, 15) is 18.0 Å². The molecule has 8 heteroatoms. The minimum absolute atomic E-state index is 0.0629. The molecule has 0 saturated carbocycles. The van der Waals surface area contributed by atoms with E-state index >= 15 is 0 Å². The lowest BCUT2D eigenvalue weighted by Gasteiger charge is -2.30. The van der Waals surface area contributed by atoms with E-state index in [0.717, 1.165) is 5.56 Å². The molecule has 1 saturated heterocycles. The van der Waals surface area contributed by atoms with Gasteiger partial charge in [-0.15, -0.1) is 0 Å². The summed E-state index contributed by atoms with van der Waals surface area (Å²) in [6, 6.07) is 16.0. The Morgan fingerprint density at radius 2 is 1.70 bits per heavy atom. The fourth-order valence-corrected chi connectivity index (χ4v) is 5.39. The third kappa shape index (κ3) is 6.30. The summed E-state index contributed by atoms with van der Waals surface area (Å²) in [5, 5.41) is 2.85. The van der Waals surface area contributed by atoms with Crippen LogP contribution in [0.15, 0.2) is 65.6 Å². The molecule has 0 aromatic heterocycles. The van der Waals surface area contributed by atoms with Crippen molar-refractivity contribution >= 4 is 33.6 Å². The first-order chi connectivity index (χ1) is 15.8. The van der Waals surface area contributed by atoms with E-state index in [1.54, 1.807) is 43.0 Å². The zero-order valence-corrected chi connectivity index (χ0v) is 19.9. The van der Waals surface area contributed by atoms with Crippen LogP contribution < -0.4 is 5.32 Å². The predicted molar refractivity (Wildman–Crippen MR) is 130 cm³/mol. The molecule has 7 nitrogen and oxygen atoms in total. The molecule has 0 aliphatic carbocycles. The number of piperidine rings is 1. The molecular formula is C25H31N3O4S. The molecule has 0 atom stereocenters. The molecule has 3 rings (SSSR count). The molecule has 1 fully saturated rings. The smallest absolute Gasteiger partial charge is 0.246 e. The van der Waals surface area contributed by atoms with Gasteiger partial charge in [-0.25, -0.2) is 8.42 Å². The van der Waals surface area contributed by atoms with E-state index in [0.29, 0.717) is 44.7 Å². The second-order valence-corrected chi connectivity index (χ2v) is 9.89. The van der Waals surface area contributed by atoms with Crippen LogP contribution in [-0.2, 0) is 19.6 Å². The predicted octanol–water partition coefficient (Wildman–Crippen LogP) is 3.61. The van der Waals surface area contributed by atoms with Crippen molar-refractivity contribution in [1.82, 2.24) is 9.21 Å². The fourth-order valence-electron chi connectivity index (χ4n) is 3.89. The van der Waals surface area contributed by atoms with Crippen LogP contribution in [0.1, 0.15) is 32.3 Å². The number of nitrogens with zero attached hydrogens (tertiary/aromatic N) is 2. The van der Waals surface area contributed by atoms with Crippen LogP contribution in [0.5, 0.6) is 0 Å². The van der Waals surface area contributed by atoms with Gasteiger partial charge in [0.25, 0.3) is 0 Å². The van der Waals surface area contributed by atoms with Crippen molar-refractivity contribution in [1.29, 1.82) is 0 Å². The van der Waals surface area contributed by atoms with Crippen LogP contribution >= 0.6 is 0 Å². The highest BCUT2D eigenvalue weighted by Gasteiger charge is 2.27. The summed E-state index contributed by atoms with van der Waals surface area (Å²) in [5.41, 5.74) is 1.42. The molecule has 1 aliphatic rings. The Morgan fingerprint density at radius 1 is 1.03 bits per heavy atom. The number of carbonyl (C=O) groups is 2. The van der Waals surface area contributed by atoms with Crippen molar-refractivity contribution < 1.29 is 18.0 Å². The first-order valence-electron chi connectivity index (χ1n) is 11.3. The van der Waals surface area contributed by atoms with Crippen LogP contribution in [0.3, 0.4) is 0 Å². The van der Waals surface area contributed by atoms with Crippen LogP contribution in [0.2, 0.25) is 0 Å². The van der Waals surface area contributed by atoms with Gasteiger partial charge in [-0.3, -0.25) is 9.59 Å². The van der Waals surface area contributed by atoms with Crippen LogP contribution in [0.25, 0.3) is 6.08 Å². The van der Waals surface area contributed by atoms with E-state index in [4.69, 9.17) is 0 Å². The lowest BCUT2D eigenvalue weighted by Crippen LogP contribution is -2.40. The van der Waals surface area contributed by atoms with Gasteiger partial charge in [0.15, 0.2) is 0 Å². The van der Waals surface area contributed by atoms with Gasteiger partial charge in [0.1, 0.15) is 0 Å². The van der Waals surface area contributed by atoms with Crippen molar-refractivity contribution in [2.45, 2.75) is 31.6 Å². The average Bonchev–Trinajstić information content (AvgIpc) is 2.84. The number of sulfonamides is 1. The molecule has 2 aromatic rings. The molecule has 0 unspecified atom stereocenters. The van der Waals surface area contributed by atoms with Gasteiger partial charge in [0.2, 0.25) is 21.8 Å². The highest BCUT2D eigenvalue weighted by atomic mass is 32.2. The molecule has 176 valence electrons. The van der Waals surface area contributed by atoms with Crippen LogP contribution in [0.4, 0.5) is 5.69 Å². The van der Waals surface area contributed by atoms with E-state index in [2.05, 4.69) is 5.32 Å². The Hall–Kier alpha value is -2.97. The molecule has 1 aliphatic heterocycles. The van der Waals surface area contributed by atoms with Crippen LogP contribution in [0, 0.1) is 5.92 Å². The van der Waals surface area contributed by atoms with Crippen molar-refractivity contribution in [3.63, 3.8) is 0 Å². The van der Waals surface area contributed by atoms with Crippen molar-refractivity contribution in [3.8, 4) is 0 Å². The maximum absolute atomic E-state index is 12.8. The maximum Gasteiger partial charge on any atom is 0.246 e. The zero-order valence-electron chi connectivity index (χ0n) is 19.1. The number of likely N-dealkylation sites (tertiary alicyclic amines) is 1. The Labute approximate surface area is 196 Å². The Morgan fingerprint density at radius 3 is 2.33 bits per heavy atom. The zero-order chi connectivity index (χ0) is 23.8. The molecule has 1 N–H and O–H groups in total. The molecule has 0 spiro atoms. The Balaban J connectivity index is 1.56. The topological polar surface area (TPSA) is 86.8 Å². The number of carbonyl (C=O) groups excluding carboxylic acids is 2. The summed E-state index contributed by atoms with van der Waals surface area (Å²) in [5.74, 6) is -0.443. The standard InChI is InChI=1S/C25H31N3O4S/c1-3-28(4-2)33(31,32)23-12-8-11-22(19-23)26-25(30)21-15-17-27(18-16-21)24(29)14-13-20-9-6-5-7-10-20/h5-14,19,21H,3-4,15-18H2,1-2H3,(H,26,30)/b14-13+. The third-order valence-corrected chi connectivity index (χ3v) is 7.89. The number of nitrogens with one attached hydrogen (secondary N) is 1. The molecular weight excluding hydrogens is 438 g/mol. The number of amides is 2. The number of hydrogen-bond acceptors (Lipinski definition) is 4. The number of hydrogen-bond donors (Lipinski definition) is 1. The number of benzene rings is 2. The largest absolute Gasteiger partial charge is 0.339 e. The van der Waals surface area contributed by atoms with Crippen molar-refractivity contribution in [2.24, 2.45) is 5.92 Å². The van der Waals surface area contributed by atoms with E-state index in [-0.39, 0.29) is 22.6 Å². The second-order valence-electron chi connectivity index (χ2n) is 7.95. The molecule has 33 heavy (non-hydrogen) atoms. The lowest BCUT2D eigenvalue weighted by atomic mass is 9.95. The SMILES string of the molecule is CCN(CC)S(=O)(=O)c1cccc(NC(=O)C2CCN(C(=O)/C=C/c3ccccc3)CC2)c1. The Kier molecular flexibility index (Phi) is 8.41. The number of rotatable bonds is 8. The summed E-state index contributed by atoms with van der Waals surface area (Å²) in [6.07, 6.45) is 4.49. The minimum Gasteiger partial charge on any atom is -0.339 e. The minimum atomic E-state index is -3.60. The quantitative estimate of drug-likeness (QED) is 0.599. The van der Waals surface area contributed by atoms with Crippen LogP contribution in [-0.4, -0.2) is 55.6 Å². The first kappa shape index (κ1) is 24.7. The van der Waals surface area contributed by atoms with Gasteiger partial charge < -0.3 is 10.2 Å². The van der Waals surface area contributed by atoms with Gasteiger partial charge in [-0.05, 0) is 42.7 Å². The van der Waals surface area contributed by atoms with E-state index in [1.165, 1.54) is 16.4 Å². The molecule has 1 heterocycles. The van der Waals surface area contributed by atoms with Gasteiger partial charge in [-0.2, -0.15) is 4.31 Å². The average molecular weight is 470 g/mol. The molecule has 0 bridgehead atoms. The second kappa shape index (κ2) is 11.2. The van der Waals surface area contributed by atoms with Gasteiger partial charge >= 0.3 is 0 Å². The number of anilines is 1. The normalized spacial score (nSPS) is 15.2. The van der Waals surface area contributed by atoms with Gasteiger partial charge in [0.05, 0.1) is 4.90 Å². The van der Waals surface area contributed by atoms with E-state index in [1.807, 2.05) is 30.3 Å². The summed E-state index contributed by atoms with van der Waals surface area (Å²) in [7, 11) is -3.60. The summed E-state index contributed by atoms with van der Waals surface area (Å²) >= 11 is 0. The summed E-state index contributed by atoms with van der Waals surface area (Å²) < 4.78 is 26.9. The third-order valence-electron chi connectivity index (χ3n) is 5.84. The first-order valence-corrected chi connectivity index (χ1v) is 12.7. The molecule has 0 radical (unpaired) electrons. The highest BCUT2D eigenvalue weighted by Crippen LogP contribution is 2.23. The molecule has 2 amide bonds. The highest BCUT2D eigenvalue weighted by molar-refractivity contribution is 7.89. The van der Waals surface area contributed by atoms with E-state index < -0.39 is 10.0 Å². The maximum atomic E-state index is 12.8. The van der Waals surface area contributed by atoms with Gasteiger partial charge in [-0.1, -0.05) is 50.2 Å². The Bertz CT molecular complexity index is 1090. The van der Waals surface area contributed by atoms with Crippen molar-refractivity contribution in [3.05, 3.63) is 66.2 Å². The lowest BCUT2D eigenvalue weighted by molar-refractivity contribution is -0.130. The summed E-state index contributed by atoms with van der Waals surface area (Å²) in [4.78, 5) is 27.1. The molecule has 2 aromatic carbocycles. The monoisotopic (exact) mass is 469 g/mol. The fraction of sp³-hybridized carbons (Fsp3) is 0.360. The van der Waals surface area contributed by atoms with Crippen molar-refractivity contribution in [2.75, 3.05) is 31.5 Å². The summed E-state index contributed by atoms with van der Waals surface area (Å²) in [6.45, 7) is 5.36.